The quantitative estimate of drug-likeness (QED) is 0.117. The number of ether oxygens (including phenoxy) is 2. The standard InChI is InChI=1S/C38H34ClF5N6O4/c1-20-14-29(48(16-21-4-10-25(53-2)11-5-21)17-22-6-12-26(54-3)13-7-22)45-34(31(20)38(42,43)44)30-28(39)15-27-33(32(30)40)46-36(41)47-35(27)49-18-23-8-9-24(19-49)50(23)37(51)52/h4-7,10-15,23-24H,8-9,16-19H2,1-3H3,(H,51,52). The lowest BCUT2D eigenvalue weighted by Gasteiger charge is -2.40. The van der Waals surface area contributed by atoms with Crippen LogP contribution in [0.25, 0.3) is 22.2 Å². The molecule has 282 valence electrons. The Hall–Kier alpha value is -5.44. The van der Waals surface area contributed by atoms with Gasteiger partial charge in [0, 0.05) is 31.6 Å². The third kappa shape index (κ3) is 6.99. The SMILES string of the molecule is COc1ccc(CN(Cc2ccc(OC)cc2)c2cc(C)c(C(F)(F)F)c(-c3c(Cl)cc4c(N5CC6CCC(C5)N6C(=O)O)nc(F)nc4c3F)n2)cc1. The Morgan fingerprint density at radius 1 is 0.907 bits per heavy atom. The fraction of sp³-hybridized carbons (Fsp3) is 0.316. The van der Waals surface area contributed by atoms with Gasteiger partial charge in [0.15, 0.2) is 5.82 Å². The van der Waals surface area contributed by atoms with Crippen molar-refractivity contribution in [1.82, 2.24) is 19.9 Å². The number of methoxy groups -OCH3 is 2. The van der Waals surface area contributed by atoms with Crippen molar-refractivity contribution in [2.24, 2.45) is 0 Å². The molecule has 54 heavy (non-hydrogen) atoms. The summed E-state index contributed by atoms with van der Waals surface area (Å²) in [6, 6.07) is 16.0. The lowest BCUT2D eigenvalue weighted by molar-refractivity contribution is -0.137. The summed E-state index contributed by atoms with van der Waals surface area (Å²) in [4.78, 5) is 28.7. The van der Waals surface area contributed by atoms with Gasteiger partial charge in [0.05, 0.1) is 48.1 Å². The third-order valence-electron chi connectivity index (χ3n) is 9.95. The molecular formula is C38H34ClF5N6O4. The van der Waals surface area contributed by atoms with Gasteiger partial charge in [0.2, 0.25) is 0 Å². The number of carboxylic acid groups (broad SMARTS) is 1. The highest BCUT2D eigenvalue weighted by Gasteiger charge is 2.44. The Balaban J connectivity index is 1.36. The number of nitrogens with zero attached hydrogens (tertiary/aromatic N) is 6. The van der Waals surface area contributed by atoms with E-state index in [1.54, 1.807) is 34.1 Å². The van der Waals surface area contributed by atoms with Crippen molar-refractivity contribution in [2.45, 2.75) is 51.1 Å². The van der Waals surface area contributed by atoms with Crippen LogP contribution < -0.4 is 19.3 Å². The molecule has 2 saturated heterocycles. The van der Waals surface area contributed by atoms with Gasteiger partial charge in [0.1, 0.15) is 28.7 Å². The number of hydrogen-bond donors (Lipinski definition) is 1. The van der Waals surface area contributed by atoms with Crippen molar-refractivity contribution < 1.29 is 41.3 Å². The van der Waals surface area contributed by atoms with Crippen LogP contribution in [-0.4, -0.2) is 70.4 Å². The summed E-state index contributed by atoms with van der Waals surface area (Å²) in [5.41, 5.74) is -1.95. The molecule has 7 rings (SSSR count). The number of alkyl halides is 3. The average Bonchev–Trinajstić information content (AvgIpc) is 3.41. The molecule has 16 heteroatoms. The minimum Gasteiger partial charge on any atom is -0.497 e. The first-order valence-electron chi connectivity index (χ1n) is 17.0. The summed E-state index contributed by atoms with van der Waals surface area (Å²) in [6.45, 7) is 1.94. The van der Waals surface area contributed by atoms with Crippen LogP contribution in [-0.2, 0) is 19.3 Å². The van der Waals surface area contributed by atoms with Gasteiger partial charge in [-0.1, -0.05) is 35.9 Å². The number of hydrogen-bond acceptors (Lipinski definition) is 8. The number of aromatic nitrogens is 3. The van der Waals surface area contributed by atoms with Crippen LogP contribution >= 0.6 is 11.6 Å². The second-order valence-corrected chi connectivity index (χ2v) is 13.7. The third-order valence-corrected chi connectivity index (χ3v) is 10.2. The van der Waals surface area contributed by atoms with E-state index in [1.165, 1.54) is 38.2 Å². The molecule has 2 aromatic heterocycles. The van der Waals surface area contributed by atoms with E-state index < -0.39 is 63.6 Å². The number of aryl methyl sites for hydroxylation is 1. The van der Waals surface area contributed by atoms with E-state index in [2.05, 4.69) is 15.0 Å². The number of benzene rings is 3. The largest absolute Gasteiger partial charge is 0.497 e. The zero-order chi connectivity index (χ0) is 38.5. The second kappa shape index (κ2) is 14.4. The van der Waals surface area contributed by atoms with Gasteiger partial charge >= 0.3 is 18.3 Å². The maximum Gasteiger partial charge on any atom is 0.418 e. The molecule has 1 amide bonds. The topological polar surface area (TPSA) is 104 Å². The average molecular weight is 769 g/mol. The monoisotopic (exact) mass is 768 g/mol. The van der Waals surface area contributed by atoms with Gasteiger partial charge in [-0.2, -0.15) is 27.5 Å². The first-order valence-corrected chi connectivity index (χ1v) is 17.3. The molecule has 2 bridgehead atoms. The second-order valence-electron chi connectivity index (χ2n) is 13.3. The maximum absolute atomic E-state index is 16.9. The molecule has 0 spiro atoms. The van der Waals surface area contributed by atoms with Gasteiger partial charge in [-0.25, -0.2) is 14.2 Å². The number of rotatable bonds is 9. The molecule has 2 aliphatic heterocycles. The molecule has 4 heterocycles. The van der Waals surface area contributed by atoms with E-state index in [9.17, 15) is 23.1 Å². The number of amides is 1. The summed E-state index contributed by atoms with van der Waals surface area (Å²) >= 11 is 6.71. The molecular weight excluding hydrogens is 735 g/mol. The summed E-state index contributed by atoms with van der Waals surface area (Å²) in [5.74, 6) is -0.0135. The van der Waals surface area contributed by atoms with Gasteiger partial charge in [-0.05, 0) is 72.9 Å². The molecule has 5 aromatic rings. The molecule has 2 unspecified atom stereocenters. The Bertz CT molecular complexity index is 2160. The lowest BCUT2D eigenvalue weighted by Crippen LogP contribution is -2.55. The van der Waals surface area contributed by atoms with Gasteiger partial charge in [-0.15, -0.1) is 0 Å². The van der Waals surface area contributed by atoms with Crippen molar-refractivity contribution in [3.8, 4) is 22.8 Å². The summed E-state index contributed by atoms with van der Waals surface area (Å²) in [7, 11) is 3.07. The van der Waals surface area contributed by atoms with E-state index in [0.717, 1.165) is 11.1 Å². The van der Waals surface area contributed by atoms with Crippen LogP contribution in [0.15, 0.2) is 60.7 Å². The summed E-state index contributed by atoms with van der Waals surface area (Å²) in [5, 5.41) is 9.24. The highest BCUT2D eigenvalue weighted by atomic mass is 35.5. The highest BCUT2D eigenvalue weighted by molar-refractivity contribution is 6.34. The zero-order valence-electron chi connectivity index (χ0n) is 29.3. The summed E-state index contributed by atoms with van der Waals surface area (Å²) < 4.78 is 87.2. The number of carbonyl (C=O) groups is 1. The predicted octanol–water partition coefficient (Wildman–Crippen LogP) is 8.51. The van der Waals surface area contributed by atoms with E-state index in [0.29, 0.717) is 24.3 Å². The minimum absolute atomic E-state index is 0.0344. The first kappa shape index (κ1) is 36.9. The van der Waals surface area contributed by atoms with Crippen LogP contribution in [0.4, 0.5) is 38.4 Å². The first-order chi connectivity index (χ1) is 25.7. The van der Waals surface area contributed by atoms with Crippen LogP contribution in [0.2, 0.25) is 5.02 Å². The van der Waals surface area contributed by atoms with E-state index in [1.807, 2.05) is 24.3 Å². The highest BCUT2D eigenvalue weighted by Crippen LogP contribution is 2.45. The summed E-state index contributed by atoms with van der Waals surface area (Å²) in [6.07, 6.45) is -6.22. The lowest BCUT2D eigenvalue weighted by atomic mass is 9.98. The molecule has 2 atom stereocenters. The van der Waals surface area contributed by atoms with E-state index >= 15 is 8.78 Å². The Kier molecular flexibility index (Phi) is 9.85. The van der Waals surface area contributed by atoms with E-state index in [4.69, 9.17) is 21.1 Å². The normalized spacial score (nSPS) is 16.9. The van der Waals surface area contributed by atoms with E-state index in [-0.39, 0.29) is 48.8 Å². The molecule has 10 nitrogen and oxygen atoms in total. The minimum atomic E-state index is -4.99. The molecule has 0 saturated carbocycles. The molecule has 1 N–H and O–H groups in total. The number of pyridine rings is 1. The molecule has 0 radical (unpaired) electrons. The number of halogens is 6. The Morgan fingerprint density at radius 2 is 1.46 bits per heavy atom. The zero-order valence-corrected chi connectivity index (χ0v) is 30.0. The number of fused-ring (bicyclic) bond motifs is 3. The van der Waals surface area contributed by atoms with Crippen LogP contribution in [0.1, 0.15) is 35.1 Å². The fourth-order valence-corrected chi connectivity index (χ4v) is 7.76. The van der Waals surface area contributed by atoms with Crippen molar-refractivity contribution in [2.75, 3.05) is 37.1 Å². The van der Waals surface area contributed by atoms with Gasteiger partial charge < -0.3 is 24.4 Å². The predicted molar refractivity (Wildman–Crippen MR) is 192 cm³/mol. The van der Waals surface area contributed by atoms with Crippen molar-refractivity contribution in [3.63, 3.8) is 0 Å². The van der Waals surface area contributed by atoms with Crippen LogP contribution in [0.3, 0.4) is 0 Å². The Labute approximate surface area is 311 Å². The molecule has 3 aromatic carbocycles. The van der Waals surface area contributed by atoms with Gasteiger partial charge in [0.25, 0.3) is 0 Å². The van der Waals surface area contributed by atoms with Crippen LogP contribution in [0, 0.1) is 18.8 Å². The van der Waals surface area contributed by atoms with Gasteiger partial charge in [-0.3, -0.25) is 4.90 Å². The number of anilines is 2. The molecule has 2 fully saturated rings. The smallest absolute Gasteiger partial charge is 0.418 e. The fourth-order valence-electron chi connectivity index (χ4n) is 7.48. The maximum atomic E-state index is 16.9. The number of piperazine rings is 1. The van der Waals surface area contributed by atoms with Crippen LogP contribution in [0.5, 0.6) is 11.5 Å². The van der Waals surface area contributed by atoms with Crippen molar-refractivity contribution in [1.29, 1.82) is 0 Å². The van der Waals surface area contributed by atoms with Crippen molar-refractivity contribution >= 4 is 40.2 Å². The van der Waals surface area contributed by atoms with Crippen molar-refractivity contribution in [3.05, 3.63) is 99.8 Å². The Morgan fingerprint density at radius 3 is 1.96 bits per heavy atom. The molecule has 2 aliphatic rings. The molecule has 0 aliphatic carbocycles.